The van der Waals surface area contributed by atoms with Crippen LogP contribution in [0.25, 0.3) is 5.52 Å². The van der Waals surface area contributed by atoms with E-state index in [9.17, 15) is 4.79 Å². The lowest BCUT2D eigenvalue weighted by atomic mass is 10.0. The van der Waals surface area contributed by atoms with Gasteiger partial charge in [0.05, 0.1) is 11.6 Å². The van der Waals surface area contributed by atoms with E-state index < -0.39 is 0 Å². The summed E-state index contributed by atoms with van der Waals surface area (Å²) in [6.07, 6.45) is 9.89. The van der Waals surface area contributed by atoms with Crippen molar-refractivity contribution in [1.82, 2.24) is 19.3 Å². The Morgan fingerprint density at radius 1 is 1.12 bits per heavy atom. The number of aromatic nitrogens is 3. The second-order valence-electron chi connectivity index (χ2n) is 6.61. The van der Waals surface area contributed by atoms with E-state index in [1.54, 1.807) is 12.4 Å². The molecule has 128 valence electrons. The number of rotatable bonds is 2. The molecular formula is C20H22N4O. The van der Waals surface area contributed by atoms with E-state index in [1.165, 1.54) is 0 Å². The highest BCUT2D eigenvalue weighted by atomic mass is 16.2. The van der Waals surface area contributed by atoms with Crippen molar-refractivity contribution in [2.24, 2.45) is 0 Å². The van der Waals surface area contributed by atoms with Gasteiger partial charge in [-0.2, -0.15) is 0 Å². The van der Waals surface area contributed by atoms with E-state index in [1.807, 2.05) is 52.8 Å². The number of carbonyl (C=O) groups is 1. The van der Waals surface area contributed by atoms with Gasteiger partial charge in [0, 0.05) is 25.1 Å². The third-order valence-corrected chi connectivity index (χ3v) is 5.03. The molecule has 0 saturated carbocycles. The number of likely N-dealkylation sites (tertiary alicyclic amines) is 1. The SMILES string of the molecule is Cc1nc(C(=O)N2CCCCCC2c2ccncc2)c2ccccn12. The molecule has 3 aromatic heterocycles. The van der Waals surface area contributed by atoms with Crippen LogP contribution < -0.4 is 0 Å². The summed E-state index contributed by atoms with van der Waals surface area (Å²) in [7, 11) is 0. The molecule has 25 heavy (non-hydrogen) atoms. The summed E-state index contributed by atoms with van der Waals surface area (Å²) in [5.41, 5.74) is 2.59. The molecule has 5 nitrogen and oxygen atoms in total. The number of fused-ring (bicyclic) bond motifs is 1. The molecule has 1 fully saturated rings. The van der Waals surface area contributed by atoms with Crippen LogP contribution in [0.5, 0.6) is 0 Å². The number of amides is 1. The van der Waals surface area contributed by atoms with Crippen molar-refractivity contribution in [3.05, 3.63) is 66.0 Å². The zero-order chi connectivity index (χ0) is 17.2. The lowest BCUT2D eigenvalue weighted by Crippen LogP contribution is -2.35. The number of carbonyl (C=O) groups excluding carboxylic acids is 1. The lowest BCUT2D eigenvalue weighted by Gasteiger charge is -2.30. The van der Waals surface area contributed by atoms with Crippen LogP contribution in [0.4, 0.5) is 0 Å². The molecule has 5 heteroatoms. The van der Waals surface area contributed by atoms with Gasteiger partial charge in [-0.05, 0) is 49.6 Å². The van der Waals surface area contributed by atoms with Gasteiger partial charge in [0.25, 0.3) is 5.91 Å². The van der Waals surface area contributed by atoms with Crippen molar-refractivity contribution in [2.45, 2.75) is 38.6 Å². The fourth-order valence-electron chi connectivity index (χ4n) is 3.77. The van der Waals surface area contributed by atoms with E-state index in [-0.39, 0.29) is 11.9 Å². The molecule has 1 aliphatic heterocycles. The van der Waals surface area contributed by atoms with Crippen LogP contribution in [0.3, 0.4) is 0 Å². The van der Waals surface area contributed by atoms with Crippen molar-refractivity contribution in [1.29, 1.82) is 0 Å². The molecule has 0 aromatic carbocycles. The number of nitrogens with zero attached hydrogens (tertiary/aromatic N) is 4. The average Bonchev–Trinajstić information content (AvgIpc) is 2.84. The molecule has 0 radical (unpaired) electrons. The van der Waals surface area contributed by atoms with E-state index in [4.69, 9.17) is 0 Å². The molecule has 4 rings (SSSR count). The topological polar surface area (TPSA) is 50.5 Å². The third-order valence-electron chi connectivity index (χ3n) is 5.03. The first-order valence-electron chi connectivity index (χ1n) is 8.90. The Kier molecular flexibility index (Phi) is 4.22. The minimum absolute atomic E-state index is 0.0283. The number of hydrogen-bond donors (Lipinski definition) is 0. The fraction of sp³-hybridized carbons (Fsp3) is 0.350. The van der Waals surface area contributed by atoms with Gasteiger partial charge in [0.1, 0.15) is 5.82 Å². The maximum atomic E-state index is 13.4. The average molecular weight is 334 g/mol. The maximum absolute atomic E-state index is 13.4. The minimum Gasteiger partial charge on any atom is -0.330 e. The molecule has 0 aliphatic carbocycles. The van der Waals surface area contributed by atoms with Crippen LogP contribution >= 0.6 is 0 Å². The second-order valence-corrected chi connectivity index (χ2v) is 6.61. The molecule has 0 bridgehead atoms. The van der Waals surface area contributed by atoms with Gasteiger partial charge in [-0.3, -0.25) is 9.78 Å². The van der Waals surface area contributed by atoms with Crippen molar-refractivity contribution in [3.63, 3.8) is 0 Å². The molecule has 1 saturated heterocycles. The first-order valence-corrected chi connectivity index (χ1v) is 8.90. The van der Waals surface area contributed by atoms with E-state index in [0.717, 1.165) is 49.1 Å². The quantitative estimate of drug-likeness (QED) is 0.716. The summed E-state index contributed by atoms with van der Waals surface area (Å²) in [5, 5.41) is 0. The van der Waals surface area contributed by atoms with Gasteiger partial charge < -0.3 is 9.30 Å². The maximum Gasteiger partial charge on any atom is 0.275 e. The summed E-state index contributed by atoms with van der Waals surface area (Å²) >= 11 is 0. The molecule has 3 aromatic rings. The van der Waals surface area contributed by atoms with E-state index >= 15 is 0 Å². The van der Waals surface area contributed by atoms with Gasteiger partial charge in [0.2, 0.25) is 0 Å². The Labute approximate surface area is 147 Å². The molecule has 0 N–H and O–H groups in total. The lowest BCUT2D eigenvalue weighted by molar-refractivity contribution is 0.0677. The van der Waals surface area contributed by atoms with Crippen LogP contribution in [-0.4, -0.2) is 31.7 Å². The van der Waals surface area contributed by atoms with Crippen molar-refractivity contribution in [3.8, 4) is 0 Å². The Bertz CT molecular complexity index is 887. The number of pyridine rings is 2. The van der Waals surface area contributed by atoms with Gasteiger partial charge in [-0.15, -0.1) is 0 Å². The van der Waals surface area contributed by atoms with Crippen LogP contribution in [0, 0.1) is 6.92 Å². The highest BCUT2D eigenvalue weighted by molar-refractivity contribution is 5.99. The van der Waals surface area contributed by atoms with Gasteiger partial charge >= 0.3 is 0 Å². The molecule has 1 aliphatic rings. The summed E-state index contributed by atoms with van der Waals surface area (Å²) < 4.78 is 1.98. The zero-order valence-electron chi connectivity index (χ0n) is 14.4. The van der Waals surface area contributed by atoms with E-state index in [0.29, 0.717) is 5.69 Å². The Hall–Kier alpha value is -2.69. The zero-order valence-corrected chi connectivity index (χ0v) is 14.4. The number of aryl methyl sites for hydroxylation is 1. The summed E-state index contributed by atoms with van der Waals surface area (Å²) in [6, 6.07) is 10.0. The highest BCUT2D eigenvalue weighted by Crippen LogP contribution is 2.31. The predicted molar refractivity (Wildman–Crippen MR) is 96.4 cm³/mol. The smallest absolute Gasteiger partial charge is 0.275 e. The van der Waals surface area contributed by atoms with Crippen LogP contribution in [0.2, 0.25) is 0 Å². The number of imidazole rings is 1. The summed E-state index contributed by atoms with van der Waals surface area (Å²) in [5.74, 6) is 0.870. The Morgan fingerprint density at radius 2 is 1.96 bits per heavy atom. The minimum atomic E-state index is 0.0283. The summed E-state index contributed by atoms with van der Waals surface area (Å²) in [6.45, 7) is 2.71. The van der Waals surface area contributed by atoms with Gasteiger partial charge in [-0.25, -0.2) is 4.98 Å². The Balaban J connectivity index is 1.75. The van der Waals surface area contributed by atoms with Crippen LogP contribution in [-0.2, 0) is 0 Å². The van der Waals surface area contributed by atoms with E-state index in [2.05, 4.69) is 9.97 Å². The van der Waals surface area contributed by atoms with Gasteiger partial charge in [-0.1, -0.05) is 18.9 Å². The molecule has 1 amide bonds. The molecule has 0 spiro atoms. The highest BCUT2D eigenvalue weighted by Gasteiger charge is 2.30. The molecule has 1 unspecified atom stereocenters. The van der Waals surface area contributed by atoms with Crippen molar-refractivity contribution < 1.29 is 4.79 Å². The van der Waals surface area contributed by atoms with Crippen molar-refractivity contribution in [2.75, 3.05) is 6.54 Å². The third kappa shape index (κ3) is 2.90. The van der Waals surface area contributed by atoms with Crippen molar-refractivity contribution >= 4 is 11.4 Å². The summed E-state index contributed by atoms with van der Waals surface area (Å²) in [4.78, 5) is 24.1. The fourth-order valence-corrected chi connectivity index (χ4v) is 3.77. The standard InChI is InChI=1S/C20H22N4O/c1-15-22-19(18-8-4-6-13-23(15)18)20(25)24-14-5-2-3-7-17(24)16-9-11-21-12-10-16/h4,6,8-13,17H,2-3,5,7,14H2,1H3. The van der Waals surface area contributed by atoms with Gasteiger partial charge in [0.15, 0.2) is 5.69 Å². The first kappa shape index (κ1) is 15.8. The Morgan fingerprint density at radius 3 is 2.80 bits per heavy atom. The molecular weight excluding hydrogens is 312 g/mol. The predicted octanol–water partition coefficient (Wildman–Crippen LogP) is 3.80. The normalized spacial score (nSPS) is 18.3. The number of hydrogen-bond acceptors (Lipinski definition) is 3. The second kappa shape index (κ2) is 6.67. The first-order chi connectivity index (χ1) is 12.3. The van der Waals surface area contributed by atoms with Crippen LogP contribution in [0.1, 0.15) is 53.6 Å². The molecule has 4 heterocycles. The van der Waals surface area contributed by atoms with Crippen LogP contribution in [0.15, 0.2) is 48.9 Å². The monoisotopic (exact) mass is 334 g/mol. The molecule has 1 atom stereocenters. The largest absolute Gasteiger partial charge is 0.330 e.